The van der Waals surface area contributed by atoms with Crippen LogP contribution >= 0.6 is 0 Å². The molecule has 0 bridgehead atoms. The van der Waals surface area contributed by atoms with Crippen molar-refractivity contribution >= 4 is 17.5 Å². The maximum Gasteiger partial charge on any atom is 0.185 e. The van der Waals surface area contributed by atoms with Crippen molar-refractivity contribution in [2.45, 2.75) is 0 Å². The van der Waals surface area contributed by atoms with Gasteiger partial charge < -0.3 is 19.1 Å². The number of ketones is 1. The molecule has 0 saturated carbocycles. The second-order valence-electron chi connectivity index (χ2n) is 6.05. The van der Waals surface area contributed by atoms with Crippen LogP contribution < -0.4 is 14.4 Å². The smallest absolute Gasteiger partial charge is 0.185 e. The molecule has 0 unspecified atom stereocenters. The summed E-state index contributed by atoms with van der Waals surface area (Å²) in [5, 5.41) is 0. The molecule has 1 fully saturated rings. The number of nitrogens with zero attached hydrogens (tertiary/aromatic N) is 1. The number of allylic oxidation sites excluding steroid dienone is 1. The number of hydrogen-bond acceptors (Lipinski definition) is 5. The summed E-state index contributed by atoms with van der Waals surface area (Å²) in [6, 6.07) is 9.96. The summed E-state index contributed by atoms with van der Waals surface area (Å²) in [6.07, 6.45) is 3.04. The van der Waals surface area contributed by atoms with E-state index in [0.29, 0.717) is 54.6 Å². The summed E-state index contributed by atoms with van der Waals surface area (Å²) in [7, 11) is 3.09. The lowest BCUT2D eigenvalue weighted by Crippen LogP contribution is -2.36. The van der Waals surface area contributed by atoms with Gasteiger partial charge in [0, 0.05) is 24.2 Å². The fraction of sp³-hybridized carbons (Fsp3) is 0.286. The third-order valence-corrected chi connectivity index (χ3v) is 4.43. The second-order valence-corrected chi connectivity index (χ2v) is 6.05. The first-order valence-electron chi connectivity index (χ1n) is 8.69. The van der Waals surface area contributed by atoms with Gasteiger partial charge in [-0.1, -0.05) is 12.1 Å². The Kier molecular flexibility index (Phi) is 6.08. The number of halogens is 1. The van der Waals surface area contributed by atoms with Gasteiger partial charge in [-0.25, -0.2) is 4.39 Å². The van der Waals surface area contributed by atoms with Crippen LogP contribution in [0.2, 0.25) is 0 Å². The van der Waals surface area contributed by atoms with Gasteiger partial charge in [0.05, 0.1) is 33.1 Å². The predicted octanol–water partition coefficient (Wildman–Crippen LogP) is 3.58. The topological polar surface area (TPSA) is 48.0 Å². The molecule has 1 aliphatic heterocycles. The number of anilines is 1. The van der Waals surface area contributed by atoms with Crippen LogP contribution in [-0.2, 0) is 4.74 Å². The third kappa shape index (κ3) is 4.28. The molecule has 0 spiro atoms. The molecule has 0 atom stereocenters. The van der Waals surface area contributed by atoms with E-state index < -0.39 is 5.82 Å². The number of carbonyl (C=O) groups is 1. The minimum atomic E-state index is -0.407. The Balaban J connectivity index is 1.78. The molecule has 3 rings (SSSR count). The number of para-hydroxylation sites is 1. The zero-order chi connectivity index (χ0) is 19.2. The van der Waals surface area contributed by atoms with Crippen LogP contribution in [0.15, 0.2) is 42.5 Å². The van der Waals surface area contributed by atoms with Gasteiger partial charge >= 0.3 is 0 Å². The highest BCUT2D eigenvalue weighted by atomic mass is 19.1. The quantitative estimate of drug-likeness (QED) is 0.574. The van der Waals surface area contributed by atoms with E-state index in [1.54, 1.807) is 31.4 Å². The number of rotatable bonds is 6. The van der Waals surface area contributed by atoms with Crippen molar-refractivity contribution in [3.8, 4) is 11.5 Å². The van der Waals surface area contributed by atoms with Crippen LogP contribution in [0.4, 0.5) is 10.1 Å². The molecule has 0 amide bonds. The van der Waals surface area contributed by atoms with Crippen LogP contribution in [0.3, 0.4) is 0 Å². The normalized spacial score (nSPS) is 14.4. The molecule has 142 valence electrons. The Hall–Kier alpha value is -2.86. The molecule has 0 radical (unpaired) electrons. The number of ether oxygens (including phenoxy) is 3. The van der Waals surface area contributed by atoms with Crippen LogP contribution in [0.5, 0.6) is 11.5 Å². The van der Waals surface area contributed by atoms with E-state index in [1.165, 1.54) is 19.3 Å². The zero-order valence-electron chi connectivity index (χ0n) is 15.4. The fourth-order valence-corrected chi connectivity index (χ4v) is 3.03. The molecule has 2 aromatic carbocycles. The van der Waals surface area contributed by atoms with Gasteiger partial charge in [-0.3, -0.25) is 4.79 Å². The van der Waals surface area contributed by atoms with E-state index in [9.17, 15) is 9.18 Å². The molecule has 0 aromatic heterocycles. The fourth-order valence-electron chi connectivity index (χ4n) is 3.03. The molecule has 6 heteroatoms. The van der Waals surface area contributed by atoms with Crippen molar-refractivity contribution in [2.24, 2.45) is 0 Å². The molecule has 5 nitrogen and oxygen atoms in total. The first kappa shape index (κ1) is 18.9. The summed E-state index contributed by atoms with van der Waals surface area (Å²) in [6.45, 7) is 2.43. The number of methoxy groups -OCH3 is 2. The van der Waals surface area contributed by atoms with E-state index in [4.69, 9.17) is 14.2 Å². The van der Waals surface area contributed by atoms with Gasteiger partial charge in [-0.15, -0.1) is 0 Å². The lowest BCUT2D eigenvalue weighted by Gasteiger charge is -2.29. The minimum absolute atomic E-state index is 0.285. The molecular formula is C21H22FNO4. The lowest BCUT2D eigenvalue weighted by atomic mass is 10.1. The summed E-state index contributed by atoms with van der Waals surface area (Å²) >= 11 is 0. The van der Waals surface area contributed by atoms with Gasteiger partial charge in [-0.2, -0.15) is 0 Å². The van der Waals surface area contributed by atoms with E-state index in [1.807, 2.05) is 17.0 Å². The first-order chi connectivity index (χ1) is 13.1. The number of morpholine rings is 1. The summed E-state index contributed by atoms with van der Waals surface area (Å²) in [4.78, 5) is 14.4. The van der Waals surface area contributed by atoms with Gasteiger partial charge in [0.25, 0.3) is 0 Å². The maximum atomic E-state index is 14.5. The summed E-state index contributed by atoms with van der Waals surface area (Å²) in [5.41, 5.74) is 1.49. The second kappa shape index (κ2) is 8.68. The van der Waals surface area contributed by atoms with E-state index >= 15 is 0 Å². The zero-order valence-corrected chi connectivity index (χ0v) is 15.4. The van der Waals surface area contributed by atoms with E-state index in [2.05, 4.69) is 0 Å². The van der Waals surface area contributed by atoms with Crippen LogP contribution in [-0.4, -0.2) is 46.3 Å². The van der Waals surface area contributed by atoms with E-state index in [-0.39, 0.29) is 5.78 Å². The Bertz CT molecular complexity index is 844. The van der Waals surface area contributed by atoms with Gasteiger partial charge in [-0.05, 0) is 36.4 Å². The Morgan fingerprint density at radius 3 is 2.59 bits per heavy atom. The molecule has 0 aliphatic carbocycles. The Labute approximate surface area is 158 Å². The molecular weight excluding hydrogens is 349 g/mol. The summed E-state index contributed by atoms with van der Waals surface area (Å²) < 4.78 is 30.4. The molecule has 2 aromatic rings. The average Bonchev–Trinajstić information content (AvgIpc) is 2.72. The Morgan fingerprint density at radius 2 is 1.93 bits per heavy atom. The van der Waals surface area contributed by atoms with Crippen molar-refractivity contribution in [1.82, 2.24) is 0 Å². The average molecular weight is 371 g/mol. The van der Waals surface area contributed by atoms with Gasteiger partial charge in [0.1, 0.15) is 5.82 Å². The standard InChI is InChI=1S/C21H22FNO4/c1-25-20-5-3-4-15(21(20)26-2)7-9-19(24)16-6-8-18(17(22)14-16)23-10-12-27-13-11-23/h3-9,14H,10-13H2,1-2H3/b9-7+. The lowest BCUT2D eigenvalue weighted by molar-refractivity contribution is 0.104. The van der Waals surface area contributed by atoms with Gasteiger partial charge in [0.15, 0.2) is 17.3 Å². The largest absolute Gasteiger partial charge is 0.493 e. The van der Waals surface area contributed by atoms with Crippen molar-refractivity contribution in [1.29, 1.82) is 0 Å². The SMILES string of the molecule is COc1cccc(/C=C/C(=O)c2ccc(N3CCOCC3)c(F)c2)c1OC. The van der Waals surface area contributed by atoms with Crippen LogP contribution in [0.1, 0.15) is 15.9 Å². The molecule has 1 aliphatic rings. The van der Waals surface area contributed by atoms with Crippen molar-refractivity contribution in [2.75, 3.05) is 45.4 Å². The Morgan fingerprint density at radius 1 is 1.15 bits per heavy atom. The molecule has 0 N–H and O–H groups in total. The molecule has 1 saturated heterocycles. The third-order valence-electron chi connectivity index (χ3n) is 4.43. The van der Waals surface area contributed by atoms with Crippen LogP contribution in [0.25, 0.3) is 6.08 Å². The van der Waals surface area contributed by atoms with E-state index in [0.717, 1.165) is 0 Å². The van der Waals surface area contributed by atoms with Crippen LogP contribution in [0, 0.1) is 5.82 Å². The minimum Gasteiger partial charge on any atom is -0.493 e. The van der Waals surface area contributed by atoms with Crippen molar-refractivity contribution < 1.29 is 23.4 Å². The molecule has 1 heterocycles. The first-order valence-corrected chi connectivity index (χ1v) is 8.69. The van der Waals surface area contributed by atoms with Crippen molar-refractivity contribution in [3.63, 3.8) is 0 Å². The highest BCUT2D eigenvalue weighted by Gasteiger charge is 2.16. The predicted molar refractivity (Wildman–Crippen MR) is 102 cm³/mol. The summed E-state index contributed by atoms with van der Waals surface area (Å²) in [5.74, 6) is 0.424. The maximum absolute atomic E-state index is 14.5. The number of benzene rings is 2. The number of hydrogen-bond donors (Lipinski definition) is 0. The highest BCUT2D eigenvalue weighted by molar-refractivity contribution is 6.07. The molecule has 27 heavy (non-hydrogen) atoms. The number of carbonyl (C=O) groups excluding carboxylic acids is 1. The highest BCUT2D eigenvalue weighted by Crippen LogP contribution is 2.31. The van der Waals surface area contributed by atoms with Gasteiger partial charge in [0.2, 0.25) is 0 Å². The monoisotopic (exact) mass is 371 g/mol. The van der Waals surface area contributed by atoms with Crippen molar-refractivity contribution in [3.05, 3.63) is 59.4 Å².